The molecule has 4 unspecified atom stereocenters. The lowest BCUT2D eigenvalue weighted by Gasteiger charge is -2.20. The van der Waals surface area contributed by atoms with E-state index in [0.29, 0.717) is 13.0 Å². The highest BCUT2D eigenvalue weighted by Crippen LogP contribution is 2.05. The number of carboxylic acid groups (broad SMARTS) is 2. The van der Waals surface area contributed by atoms with Gasteiger partial charge in [0.2, 0.25) is 17.7 Å². The first kappa shape index (κ1) is 22.3. The quantitative estimate of drug-likeness (QED) is 0.201. The van der Waals surface area contributed by atoms with Gasteiger partial charge in [0.15, 0.2) is 6.04 Å². The molecule has 0 saturated carbocycles. The van der Waals surface area contributed by atoms with Gasteiger partial charge in [0.25, 0.3) is 0 Å². The fourth-order valence-corrected chi connectivity index (χ4v) is 2.47. The van der Waals surface area contributed by atoms with E-state index in [1.807, 2.05) is 5.32 Å². The maximum absolute atomic E-state index is 12.1. The minimum absolute atomic E-state index is 0.514. The monoisotopic (exact) mass is 388 g/mol. The van der Waals surface area contributed by atoms with Crippen molar-refractivity contribution in [2.75, 3.05) is 13.1 Å². The first-order chi connectivity index (χ1) is 12.6. The van der Waals surface area contributed by atoms with E-state index in [4.69, 9.17) is 10.2 Å². The van der Waals surface area contributed by atoms with Crippen LogP contribution >= 0.6 is 0 Å². The van der Waals surface area contributed by atoms with Crippen LogP contribution in [0.25, 0.3) is 0 Å². The average Bonchev–Trinajstić information content (AvgIpc) is 3.10. The molecular formula is C15H24N4O8. The van der Waals surface area contributed by atoms with Gasteiger partial charge in [0.05, 0.1) is 25.1 Å². The predicted octanol–water partition coefficient (Wildman–Crippen LogP) is -3.24. The normalized spacial score (nSPS) is 19.4. The summed E-state index contributed by atoms with van der Waals surface area (Å²) in [6.45, 7) is 1.16. The molecule has 152 valence electrons. The molecule has 0 spiro atoms. The zero-order valence-electron chi connectivity index (χ0n) is 14.7. The van der Waals surface area contributed by atoms with Gasteiger partial charge in [-0.3, -0.25) is 19.2 Å². The van der Waals surface area contributed by atoms with Crippen LogP contribution in [0, 0.1) is 0 Å². The van der Waals surface area contributed by atoms with Gasteiger partial charge in [0.1, 0.15) is 6.04 Å². The van der Waals surface area contributed by atoms with E-state index in [-0.39, 0.29) is 0 Å². The van der Waals surface area contributed by atoms with Gasteiger partial charge < -0.3 is 36.6 Å². The van der Waals surface area contributed by atoms with Crippen molar-refractivity contribution >= 4 is 29.7 Å². The van der Waals surface area contributed by atoms with Crippen LogP contribution in [0.3, 0.4) is 0 Å². The van der Waals surface area contributed by atoms with Crippen LogP contribution in [-0.4, -0.2) is 82.3 Å². The molecule has 1 rings (SSSR count). The highest BCUT2D eigenvalue weighted by molar-refractivity contribution is 5.94. The van der Waals surface area contributed by atoms with E-state index in [2.05, 4.69) is 16.0 Å². The first-order valence-corrected chi connectivity index (χ1v) is 8.35. The molecular weight excluding hydrogens is 364 g/mol. The molecule has 7 N–H and O–H groups in total. The molecule has 1 saturated heterocycles. The van der Waals surface area contributed by atoms with Gasteiger partial charge in [-0.15, -0.1) is 0 Å². The SMILES string of the molecule is CC(O)C(NC(=O)CNC(=O)C(CC(=O)O)NC(=O)C1CCCN1)C(=O)O. The van der Waals surface area contributed by atoms with Crippen molar-refractivity contribution in [1.82, 2.24) is 21.3 Å². The molecule has 0 radical (unpaired) electrons. The van der Waals surface area contributed by atoms with E-state index in [0.717, 1.165) is 6.42 Å². The van der Waals surface area contributed by atoms with Crippen LogP contribution in [0.1, 0.15) is 26.2 Å². The number of hydrogen-bond donors (Lipinski definition) is 7. The van der Waals surface area contributed by atoms with Crippen molar-refractivity contribution in [2.45, 2.75) is 50.4 Å². The summed E-state index contributed by atoms with van der Waals surface area (Å²) >= 11 is 0. The highest BCUT2D eigenvalue weighted by Gasteiger charge is 2.29. The molecule has 0 aromatic rings. The minimum atomic E-state index is -1.56. The molecule has 0 aliphatic carbocycles. The zero-order chi connectivity index (χ0) is 20.6. The number of aliphatic hydroxyl groups excluding tert-OH is 1. The minimum Gasteiger partial charge on any atom is -0.481 e. The number of carbonyl (C=O) groups excluding carboxylic acids is 3. The lowest BCUT2D eigenvalue weighted by atomic mass is 10.1. The largest absolute Gasteiger partial charge is 0.481 e. The van der Waals surface area contributed by atoms with Crippen molar-refractivity contribution in [3.8, 4) is 0 Å². The Morgan fingerprint density at radius 1 is 1.15 bits per heavy atom. The molecule has 0 bridgehead atoms. The Morgan fingerprint density at radius 2 is 1.81 bits per heavy atom. The van der Waals surface area contributed by atoms with Crippen LogP contribution in [0.4, 0.5) is 0 Å². The second kappa shape index (κ2) is 10.4. The van der Waals surface area contributed by atoms with Crippen LogP contribution in [0.5, 0.6) is 0 Å². The van der Waals surface area contributed by atoms with Gasteiger partial charge >= 0.3 is 11.9 Å². The lowest BCUT2D eigenvalue weighted by molar-refractivity contribution is -0.145. The van der Waals surface area contributed by atoms with Gasteiger partial charge in [-0.25, -0.2) is 4.79 Å². The molecule has 0 aromatic heterocycles. The van der Waals surface area contributed by atoms with Gasteiger partial charge in [-0.05, 0) is 26.3 Å². The number of rotatable bonds is 10. The summed E-state index contributed by atoms with van der Waals surface area (Å²) in [6, 6.07) is -3.46. The molecule has 4 atom stereocenters. The topological polar surface area (TPSA) is 194 Å². The number of nitrogens with one attached hydrogen (secondary N) is 4. The zero-order valence-corrected chi connectivity index (χ0v) is 14.7. The van der Waals surface area contributed by atoms with Crippen molar-refractivity contribution in [2.24, 2.45) is 0 Å². The van der Waals surface area contributed by atoms with Crippen LogP contribution in [0.2, 0.25) is 0 Å². The van der Waals surface area contributed by atoms with Crippen molar-refractivity contribution < 1.29 is 39.3 Å². The van der Waals surface area contributed by atoms with Crippen LogP contribution in [-0.2, 0) is 24.0 Å². The van der Waals surface area contributed by atoms with E-state index < -0.39 is 66.9 Å². The Balaban J connectivity index is 2.59. The van der Waals surface area contributed by atoms with Crippen molar-refractivity contribution in [1.29, 1.82) is 0 Å². The Morgan fingerprint density at radius 3 is 2.30 bits per heavy atom. The third-order valence-electron chi connectivity index (χ3n) is 3.88. The highest BCUT2D eigenvalue weighted by atomic mass is 16.4. The second-order valence-electron chi connectivity index (χ2n) is 6.15. The molecule has 12 heteroatoms. The van der Waals surface area contributed by atoms with E-state index in [1.165, 1.54) is 6.92 Å². The third kappa shape index (κ3) is 7.58. The number of amides is 3. The molecule has 27 heavy (non-hydrogen) atoms. The van der Waals surface area contributed by atoms with Crippen molar-refractivity contribution in [3.63, 3.8) is 0 Å². The Bertz CT molecular complexity index is 588. The molecule has 1 heterocycles. The van der Waals surface area contributed by atoms with E-state index >= 15 is 0 Å². The summed E-state index contributed by atoms with van der Waals surface area (Å²) in [4.78, 5) is 57.8. The first-order valence-electron chi connectivity index (χ1n) is 8.35. The fourth-order valence-electron chi connectivity index (χ4n) is 2.47. The molecule has 12 nitrogen and oxygen atoms in total. The molecule has 1 aliphatic rings. The lowest BCUT2D eigenvalue weighted by Crippen LogP contribution is -2.54. The second-order valence-corrected chi connectivity index (χ2v) is 6.15. The number of aliphatic carboxylic acids is 2. The van der Waals surface area contributed by atoms with Crippen LogP contribution in [0.15, 0.2) is 0 Å². The van der Waals surface area contributed by atoms with Gasteiger partial charge in [0, 0.05) is 0 Å². The summed E-state index contributed by atoms with van der Waals surface area (Å²) in [5, 5.41) is 36.5. The van der Waals surface area contributed by atoms with E-state index in [9.17, 15) is 29.1 Å². The van der Waals surface area contributed by atoms with Gasteiger partial charge in [-0.2, -0.15) is 0 Å². The average molecular weight is 388 g/mol. The predicted molar refractivity (Wildman–Crippen MR) is 89.5 cm³/mol. The summed E-state index contributed by atoms with van der Waals surface area (Å²) in [5.41, 5.74) is 0. The maximum Gasteiger partial charge on any atom is 0.328 e. The molecule has 0 aromatic carbocycles. The summed E-state index contributed by atoms with van der Waals surface area (Å²) < 4.78 is 0. The molecule has 1 aliphatic heterocycles. The summed E-state index contributed by atoms with van der Waals surface area (Å²) in [7, 11) is 0. The van der Waals surface area contributed by atoms with Crippen molar-refractivity contribution in [3.05, 3.63) is 0 Å². The number of hydrogen-bond acceptors (Lipinski definition) is 7. The van der Waals surface area contributed by atoms with Crippen LogP contribution < -0.4 is 21.3 Å². The summed E-state index contributed by atoms with van der Waals surface area (Å²) in [6.07, 6.45) is -0.703. The maximum atomic E-state index is 12.1. The van der Waals surface area contributed by atoms with Gasteiger partial charge in [-0.1, -0.05) is 0 Å². The standard InChI is InChI=1S/C15H24N4O8/c1-7(20)12(15(26)27)19-10(21)6-17-13(24)9(5-11(22)23)18-14(25)8-3-2-4-16-8/h7-9,12,16,20H,2-6H2,1H3,(H,17,24)(H,18,25)(H,19,21)(H,22,23)(H,26,27). The third-order valence-corrected chi connectivity index (χ3v) is 3.88. The Hall–Kier alpha value is -2.73. The Kier molecular flexibility index (Phi) is 8.62. The molecule has 3 amide bonds. The number of aliphatic hydroxyl groups is 1. The fraction of sp³-hybridized carbons (Fsp3) is 0.667. The number of carboxylic acids is 2. The summed E-state index contributed by atoms with van der Waals surface area (Å²) in [5.74, 6) is -5.08. The molecule has 1 fully saturated rings. The smallest absolute Gasteiger partial charge is 0.328 e. The van der Waals surface area contributed by atoms with E-state index in [1.54, 1.807) is 0 Å². The number of carbonyl (C=O) groups is 5. The Labute approximate surface area is 154 Å².